The average Bonchev–Trinajstić information content (AvgIpc) is 3.07. The Balaban J connectivity index is 1.80. The molecule has 1 aliphatic rings. The number of amides is 2. The van der Waals surface area contributed by atoms with Gasteiger partial charge in [0, 0.05) is 37.5 Å². The highest BCUT2D eigenvalue weighted by Crippen LogP contribution is 2.21. The first-order valence-electron chi connectivity index (χ1n) is 7.95. The van der Waals surface area contributed by atoms with E-state index in [2.05, 4.69) is 22.5 Å². The summed E-state index contributed by atoms with van der Waals surface area (Å²) >= 11 is 1.55. The molecule has 2 N–H and O–H groups in total. The first-order valence-corrected chi connectivity index (χ1v) is 8.83. The van der Waals surface area contributed by atoms with Crippen LogP contribution >= 0.6 is 11.3 Å². The van der Waals surface area contributed by atoms with Gasteiger partial charge in [0.05, 0.1) is 25.7 Å². The van der Waals surface area contributed by atoms with Crippen LogP contribution in [0.1, 0.15) is 31.2 Å². The summed E-state index contributed by atoms with van der Waals surface area (Å²) in [5.74, 6) is -0.171. The van der Waals surface area contributed by atoms with Crippen molar-refractivity contribution in [3.05, 3.63) is 22.4 Å². The molecule has 0 radical (unpaired) electrons. The first kappa shape index (κ1) is 17.9. The number of hydrogen-bond donors (Lipinski definition) is 2. The molecular formula is C16H25N3O3S. The standard InChI is InChI=1S/C16H25N3O3S/c1-12(19-5-7-22-8-6-19)11-17-16(21)10-14(18-13(2)20)15-4-3-9-23-15/h3-4,9,12,14H,5-8,10-11H2,1-2H3,(H,17,21)(H,18,20)/t12-,14-/m1/s1. The number of carbonyl (C=O) groups excluding carboxylic acids is 2. The van der Waals surface area contributed by atoms with Crippen molar-refractivity contribution < 1.29 is 14.3 Å². The van der Waals surface area contributed by atoms with Crippen molar-refractivity contribution in [2.45, 2.75) is 32.4 Å². The fourth-order valence-electron chi connectivity index (χ4n) is 2.62. The Bertz CT molecular complexity index is 501. The molecule has 7 heteroatoms. The first-order chi connectivity index (χ1) is 11.1. The van der Waals surface area contributed by atoms with Crippen molar-refractivity contribution in [2.24, 2.45) is 0 Å². The van der Waals surface area contributed by atoms with E-state index < -0.39 is 0 Å². The van der Waals surface area contributed by atoms with Crippen LogP contribution in [0.2, 0.25) is 0 Å². The smallest absolute Gasteiger partial charge is 0.222 e. The Hall–Kier alpha value is -1.44. The van der Waals surface area contributed by atoms with Gasteiger partial charge in [-0.2, -0.15) is 0 Å². The van der Waals surface area contributed by atoms with E-state index >= 15 is 0 Å². The summed E-state index contributed by atoms with van der Waals surface area (Å²) < 4.78 is 5.34. The van der Waals surface area contributed by atoms with Crippen LogP contribution in [0.25, 0.3) is 0 Å². The average molecular weight is 339 g/mol. The Kier molecular flexibility index (Phi) is 7.01. The highest BCUT2D eigenvalue weighted by molar-refractivity contribution is 7.10. The van der Waals surface area contributed by atoms with Gasteiger partial charge in [-0.05, 0) is 18.4 Å². The van der Waals surface area contributed by atoms with Crippen LogP contribution in [-0.4, -0.2) is 55.6 Å². The Morgan fingerprint density at radius 2 is 2.13 bits per heavy atom. The van der Waals surface area contributed by atoms with Gasteiger partial charge >= 0.3 is 0 Å². The van der Waals surface area contributed by atoms with Gasteiger partial charge in [-0.25, -0.2) is 0 Å². The molecule has 0 aliphatic carbocycles. The molecule has 23 heavy (non-hydrogen) atoms. The summed E-state index contributed by atoms with van der Waals surface area (Å²) in [6.45, 7) is 7.50. The summed E-state index contributed by atoms with van der Waals surface area (Å²) in [6, 6.07) is 3.89. The maximum absolute atomic E-state index is 12.2. The number of thiophene rings is 1. The molecule has 1 aliphatic heterocycles. The lowest BCUT2D eigenvalue weighted by molar-refractivity contribution is -0.123. The van der Waals surface area contributed by atoms with Crippen LogP contribution in [0, 0.1) is 0 Å². The predicted molar refractivity (Wildman–Crippen MR) is 90.4 cm³/mol. The van der Waals surface area contributed by atoms with Crippen LogP contribution < -0.4 is 10.6 Å². The SMILES string of the molecule is CC(=O)N[C@H](CC(=O)NC[C@@H](C)N1CCOCC1)c1cccs1. The predicted octanol–water partition coefficient (Wildman–Crippen LogP) is 1.15. The second kappa shape index (κ2) is 9.00. The normalized spacial score (nSPS) is 18.2. The van der Waals surface area contributed by atoms with Crippen LogP contribution in [0.4, 0.5) is 0 Å². The number of morpholine rings is 1. The van der Waals surface area contributed by atoms with Crippen molar-refractivity contribution in [1.29, 1.82) is 0 Å². The van der Waals surface area contributed by atoms with Crippen molar-refractivity contribution >= 4 is 23.2 Å². The van der Waals surface area contributed by atoms with Gasteiger partial charge in [-0.3, -0.25) is 14.5 Å². The summed E-state index contributed by atoms with van der Waals surface area (Å²) in [4.78, 5) is 26.9. The quantitative estimate of drug-likeness (QED) is 0.782. The molecule has 1 fully saturated rings. The minimum absolute atomic E-state index is 0.0442. The lowest BCUT2D eigenvalue weighted by atomic mass is 10.1. The number of rotatable bonds is 7. The van der Waals surface area contributed by atoms with Crippen LogP contribution in [-0.2, 0) is 14.3 Å². The van der Waals surface area contributed by atoms with Gasteiger partial charge < -0.3 is 15.4 Å². The minimum atomic E-state index is -0.258. The molecule has 1 saturated heterocycles. The molecule has 0 bridgehead atoms. The zero-order valence-corrected chi connectivity index (χ0v) is 14.5. The van der Waals surface area contributed by atoms with Gasteiger partial charge in [0.1, 0.15) is 0 Å². The molecule has 2 atom stereocenters. The highest BCUT2D eigenvalue weighted by Gasteiger charge is 2.20. The third-order valence-electron chi connectivity index (χ3n) is 3.92. The highest BCUT2D eigenvalue weighted by atomic mass is 32.1. The lowest BCUT2D eigenvalue weighted by Gasteiger charge is -2.32. The monoisotopic (exact) mass is 339 g/mol. The van der Waals surface area contributed by atoms with Gasteiger partial charge in [0.25, 0.3) is 0 Å². The molecule has 0 spiro atoms. The molecule has 0 unspecified atom stereocenters. The van der Waals surface area contributed by atoms with E-state index in [1.54, 1.807) is 11.3 Å². The number of nitrogens with zero attached hydrogens (tertiary/aromatic N) is 1. The molecule has 6 nitrogen and oxygen atoms in total. The van der Waals surface area contributed by atoms with E-state index in [0.717, 1.165) is 31.2 Å². The van der Waals surface area contributed by atoms with Crippen LogP contribution in [0.15, 0.2) is 17.5 Å². The Morgan fingerprint density at radius 3 is 2.74 bits per heavy atom. The van der Waals surface area contributed by atoms with Crippen molar-refractivity contribution in [3.63, 3.8) is 0 Å². The Labute approximate surface area is 141 Å². The molecule has 128 valence electrons. The number of hydrogen-bond acceptors (Lipinski definition) is 5. The number of carbonyl (C=O) groups is 2. The van der Waals surface area contributed by atoms with E-state index in [-0.39, 0.29) is 30.3 Å². The summed E-state index contributed by atoms with van der Waals surface area (Å²) in [5.41, 5.74) is 0. The van der Waals surface area contributed by atoms with E-state index in [1.165, 1.54) is 6.92 Å². The topological polar surface area (TPSA) is 70.7 Å². The molecule has 1 aromatic rings. The molecule has 1 aromatic heterocycles. The van der Waals surface area contributed by atoms with E-state index in [0.29, 0.717) is 6.54 Å². The van der Waals surface area contributed by atoms with Crippen LogP contribution in [0.5, 0.6) is 0 Å². The Morgan fingerprint density at radius 1 is 1.39 bits per heavy atom. The molecule has 0 saturated carbocycles. The zero-order valence-electron chi connectivity index (χ0n) is 13.7. The van der Waals surface area contributed by atoms with Gasteiger partial charge in [-0.1, -0.05) is 6.07 Å². The fraction of sp³-hybridized carbons (Fsp3) is 0.625. The second-order valence-electron chi connectivity index (χ2n) is 5.77. The number of ether oxygens (including phenoxy) is 1. The molecule has 2 amide bonds. The zero-order chi connectivity index (χ0) is 16.7. The van der Waals surface area contributed by atoms with Gasteiger partial charge in [0.2, 0.25) is 11.8 Å². The van der Waals surface area contributed by atoms with E-state index in [1.807, 2.05) is 17.5 Å². The maximum atomic E-state index is 12.2. The number of nitrogens with one attached hydrogen (secondary N) is 2. The molecule has 0 aromatic carbocycles. The third-order valence-corrected chi connectivity index (χ3v) is 4.90. The third kappa shape index (κ3) is 5.93. The molecular weight excluding hydrogens is 314 g/mol. The van der Waals surface area contributed by atoms with Gasteiger partial charge in [-0.15, -0.1) is 11.3 Å². The summed E-state index contributed by atoms with van der Waals surface area (Å²) in [7, 11) is 0. The largest absolute Gasteiger partial charge is 0.379 e. The van der Waals surface area contributed by atoms with E-state index in [9.17, 15) is 9.59 Å². The second-order valence-corrected chi connectivity index (χ2v) is 6.75. The fourth-order valence-corrected chi connectivity index (χ4v) is 3.40. The maximum Gasteiger partial charge on any atom is 0.222 e. The lowest BCUT2D eigenvalue weighted by Crippen LogP contribution is -2.47. The minimum Gasteiger partial charge on any atom is -0.379 e. The van der Waals surface area contributed by atoms with Crippen molar-refractivity contribution in [3.8, 4) is 0 Å². The molecule has 2 rings (SSSR count). The van der Waals surface area contributed by atoms with Crippen molar-refractivity contribution in [2.75, 3.05) is 32.8 Å². The van der Waals surface area contributed by atoms with Crippen LogP contribution in [0.3, 0.4) is 0 Å². The summed E-state index contributed by atoms with van der Waals surface area (Å²) in [5, 5.41) is 7.77. The van der Waals surface area contributed by atoms with E-state index in [4.69, 9.17) is 4.74 Å². The molecule has 2 heterocycles. The van der Waals surface area contributed by atoms with Gasteiger partial charge in [0.15, 0.2) is 0 Å². The van der Waals surface area contributed by atoms with Crippen molar-refractivity contribution in [1.82, 2.24) is 15.5 Å². The summed E-state index contributed by atoms with van der Waals surface area (Å²) in [6.07, 6.45) is 0.260.